The molecule has 2 rings (SSSR count). The van der Waals surface area contributed by atoms with Crippen molar-refractivity contribution in [2.24, 2.45) is 0 Å². The number of aromatic nitrogens is 1. The van der Waals surface area contributed by atoms with Crippen molar-refractivity contribution in [2.45, 2.75) is 0 Å². The summed E-state index contributed by atoms with van der Waals surface area (Å²) in [6, 6.07) is 8.66. The third-order valence-corrected chi connectivity index (χ3v) is 3.30. The summed E-state index contributed by atoms with van der Waals surface area (Å²) in [5, 5.41) is 21.3. The normalized spacial score (nSPS) is 9.35. The van der Waals surface area contributed by atoms with Gasteiger partial charge in [-0.25, -0.2) is 9.78 Å². The Morgan fingerprint density at radius 3 is 2.75 bits per heavy atom. The van der Waals surface area contributed by atoms with Crippen LogP contribution in [0.3, 0.4) is 0 Å². The molecule has 0 saturated carbocycles. The lowest BCUT2D eigenvalue weighted by molar-refractivity contribution is 0.0606. The van der Waals surface area contributed by atoms with Crippen molar-refractivity contribution in [1.82, 2.24) is 4.98 Å². The van der Waals surface area contributed by atoms with E-state index in [2.05, 4.69) is 15.0 Å². The number of nitrogens with one attached hydrogen (secondary N) is 1. The Balaban J connectivity index is 2.23. The molecule has 98 valence electrons. The zero-order chi connectivity index (χ0) is 14.5. The van der Waals surface area contributed by atoms with Gasteiger partial charge in [-0.2, -0.15) is 10.5 Å². The summed E-state index contributed by atoms with van der Waals surface area (Å²) < 4.78 is 4.59. The lowest BCUT2D eigenvalue weighted by atomic mass is 10.1. The van der Waals surface area contributed by atoms with Gasteiger partial charge in [0.15, 0.2) is 5.13 Å². The molecule has 2 aromatic rings. The molecule has 0 fully saturated rings. The van der Waals surface area contributed by atoms with Gasteiger partial charge >= 0.3 is 5.97 Å². The largest absolute Gasteiger partial charge is 0.465 e. The van der Waals surface area contributed by atoms with Gasteiger partial charge in [-0.3, -0.25) is 0 Å². The fourth-order valence-corrected chi connectivity index (χ4v) is 2.22. The van der Waals surface area contributed by atoms with E-state index in [1.165, 1.54) is 13.3 Å². The molecular weight excluding hydrogens is 276 g/mol. The van der Waals surface area contributed by atoms with Crippen LogP contribution < -0.4 is 5.32 Å². The average molecular weight is 284 g/mol. The molecule has 0 atom stereocenters. The molecule has 1 aromatic heterocycles. The molecule has 0 bridgehead atoms. The molecule has 0 saturated heterocycles. The van der Waals surface area contributed by atoms with Crippen molar-refractivity contribution in [3.05, 3.63) is 40.4 Å². The number of thiazole rings is 1. The van der Waals surface area contributed by atoms with Gasteiger partial charge < -0.3 is 10.1 Å². The summed E-state index contributed by atoms with van der Waals surface area (Å²) >= 11 is 1.14. The number of hydrogen-bond donors (Lipinski definition) is 1. The number of ether oxygens (including phenoxy) is 1. The maximum atomic E-state index is 11.3. The number of carbonyl (C=O) groups excluding carboxylic acids is 1. The van der Waals surface area contributed by atoms with Gasteiger partial charge in [-0.15, -0.1) is 0 Å². The van der Waals surface area contributed by atoms with Crippen LogP contribution in [0.15, 0.2) is 24.4 Å². The highest BCUT2D eigenvalue weighted by Crippen LogP contribution is 2.24. The van der Waals surface area contributed by atoms with Gasteiger partial charge in [-0.1, -0.05) is 11.3 Å². The van der Waals surface area contributed by atoms with Crippen LogP contribution in [0, 0.1) is 22.7 Å². The highest BCUT2D eigenvalue weighted by molar-refractivity contribution is 7.17. The third-order valence-electron chi connectivity index (χ3n) is 2.40. The van der Waals surface area contributed by atoms with E-state index in [4.69, 9.17) is 10.5 Å². The van der Waals surface area contributed by atoms with E-state index < -0.39 is 5.97 Å². The molecule has 1 N–H and O–H groups in total. The molecule has 20 heavy (non-hydrogen) atoms. The average Bonchev–Trinajstić information content (AvgIpc) is 2.94. The van der Waals surface area contributed by atoms with Crippen molar-refractivity contribution >= 4 is 28.1 Å². The fraction of sp³-hybridized carbons (Fsp3) is 0.0769. The first kappa shape index (κ1) is 13.5. The van der Waals surface area contributed by atoms with Crippen molar-refractivity contribution < 1.29 is 9.53 Å². The standard InChI is InChI=1S/C13H8N4O2S/c1-19-12(18)11-7-16-13(20-11)17-10-3-2-8(5-14)9(4-10)6-15/h2-4,7H,1H3,(H,16,17). The highest BCUT2D eigenvalue weighted by Gasteiger charge is 2.11. The number of anilines is 2. The number of methoxy groups -OCH3 is 1. The SMILES string of the molecule is COC(=O)c1cnc(Nc2ccc(C#N)c(C#N)c2)s1. The molecule has 0 amide bonds. The van der Waals surface area contributed by atoms with E-state index in [-0.39, 0.29) is 5.56 Å². The van der Waals surface area contributed by atoms with Crippen LogP contribution >= 0.6 is 11.3 Å². The third kappa shape index (κ3) is 2.74. The summed E-state index contributed by atoms with van der Waals surface area (Å²) in [4.78, 5) is 15.7. The Kier molecular flexibility index (Phi) is 3.94. The molecule has 0 spiro atoms. The lowest BCUT2D eigenvalue weighted by Crippen LogP contribution is -1.96. The molecule has 0 aliphatic heterocycles. The smallest absolute Gasteiger partial charge is 0.349 e. The highest BCUT2D eigenvalue weighted by atomic mass is 32.1. The van der Waals surface area contributed by atoms with Crippen LogP contribution in [-0.4, -0.2) is 18.1 Å². The summed E-state index contributed by atoms with van der Waals surface area (Å²) in [7, 11) is 1.30. The van der Waals surface area contributed by atoms with Gasteiger partial charge in [0.1, 0.15) is 17.0 Å². The first-order chi connectivity index (χ1) is 9.67. The van der Waals surface area contributed by atoms with Gasteiger partial charge in [-0.05, 0) is 18.2 Å². The minimum absolute atomic E-state index is 0.280. The number of nitrogens with zero attached hydrogens (tertiary/aromatic N) is 3. The van der Waals surface area contributed by atoms with Crippen molar-refractivity contribution in [3.63, 3.8) is 0 Å². The predicted molar refractivity (Wildman–Crippen MR) is 72.6 cm³/mol. The van der Waals surface area contributed by atoms with Gasteiger partial charge in [0, 0.05) is 5.69 Å². The Bertz CT molecular complexity index is 740. The minimum Gasteiger partial charge on any atom is -0.465 e. The summed E-state index contributed by atoms with van der Waals surface area (Å²) in [5.41, 5.74) is 1.21. The maximum Gasteiger partial charge on any atom is 0.349 e. The monoisotopic (exact) mass is 284 g/mol. The first-order valence-electron chi connectivity index (χ1n) is 5.43. The summed E-state index contributed by atoms with van der Waals surface area (Å²) in [5.74, 6) is -0.451. The quantitative estimate of drug-likeness (QED) is 0.869. The Morgan fingerprint density at radius 1 is 1.35 bits per heavy atom. The number of rotatable bonds is 3. The molecule has 0 aliphatic rings. The second-order valence-corrected chi connectivity index (χ2v) is 4.66. The predicted octanol–water partition coefficient (Wildman–Crippen LogP) is 2.42. The first-order valence-corrected chi connectivity index (χ1v) is 6.25. The number of esters is 1. The zero-order valence-corrected chi connectivity index (χ0v) is 11.2. The van der Waals surface area contributed by atoms with Gasteiger partial charge in [0.2, 0.25) is 0 Å². The number of benzene rings is 1. The van der Waals surface area contributed by atoms with Crippen LogP contribution in [0.5, 0.6) is 0 Å². The summed E-state index contributed by atoms with van der Waals surface area (Å²) in [6.07, 6.45) is 1.41. The van der Waals surface area contributed by atoms with E-state index >= 15 is 0 Å². The topological polar surface area (TPSA) is 98.8 Å². The van der Waals surface area contributed by atoms with Crippen LogP contribution in [0.1, 0.15) is 20.8 Å². The minimum atomic E-state index is -0.451. The van der Waals surface area contributed by atoms with Crippen LogP contribution in [0.2, 0.25) is 0 Å². The second-order valence-electron chi connectivity index (χ2n) is 3.63. The molecule has 7 heteroatoms. The maximum absolute atomic E-state index is 11.3. The second kappa shape index (κ2) is 5.83. The van der Waals surface area contributed by atoms with E-state index in [1.54, 1.807) is 18.2 Å². The summed E-state index contributed by atoms with van der Waals surface area (Å²) in [6.45, 7) is 0. The van der Waals surface area contributed by atoms with Crippen LogP contribution in [0.4, 0.5) is 10.8 Å². The molecule has 1 aromatic carbocycles. The Morgan fingerprint density at radius 2 is 2.10 bits per heavy atom. The molecule has 1 heterocycles. The Labute approximate surface area is 118 Å². The number of nitriles is 2. The molecular formula is C13H8N4O2S. The number of carbonyl (C=O) groups is 1. The number of hydrogen-bond acceptors (Lipinski definition) is 7. The van der Waals surface area contributed by atoms with Gasteiger partial charge in [0.25, 0.3) is 0 Å². The Hall–Kier alpha value is -2.90. The molecule has 0 unspecified atom stereocenters. The van der Waals surface area contributed by atoms with Crippen LogP contribution in [0.25, 0.3) is 0 Å². The lowest BCUT2D eigenvalue weighted by Gasteiger charge is -2.03. The van der Waals surface area contributed by atoms with Crippen molar-refractivity contribution in [3.8, 4) is 12.1 Å². The van der Waals surface area contributed by atoms with Gasteiger partial charge in [0.05, 0.1) is 24.4 Å². The van der Waals surface area contributed by atoms with Crippen LogP contribution in [-0.2, 0) is 4.74 Å². The van der Waals surface area contributed by atoms with E-state index in [9.17, 15) is 4.79 Å². The van der Waals surface area contributed by atoms with E-state index in [1.807, 2.05) is 12.1 Å². The molecule has 0 radical (unpaired) electrons. The zero-order valence-electron chi connectivity index (χ0n) is 10.4. The van der Waals surface area contributed by atoms with E-state index in [0.717, 1.165) is 11.3 Å². The molecule has 0 aliphatic carbocycles. The van der Waals surface area contributed by atoms with E-state index in [0.29, 0.717) is 21.3 Å². The fourth-order valence-electron chi connectivity index (χ4n) is 1.46. The van der Waals surface area contributed by atoms with Crippen molar-refractivity contribution in [1.29, 1.82) is 10.5 Å². The molecule has 6 nitrogen and oxygen atoms in total. The van der Waals surface area contributed by atoms with Crippen molar-refractivity contribution in [2.75, 3.05) is 12.4 Å².